The molecule has 0 amide bonds. The Balaban J connectivity index is 1.97. The Hall–Kier alpha value is -2.49. The van der Waals surface area contributed by atoms with Crippen molar-refractivity contribution in [1.82, 2.24) is 0 Å². The van der Waals surface area contributed by atoms with Crippen LogP contribution in [0.5, 0.6) is 5.75 Å². The highest BCUT2D eigenvalue weighted by atomic mass is 16.3. The van der Waals surface area contributed by atoms with E-state index >= 15 is 0 Å². The monoisotopic (exact) mass is 241 g/mol. The van der Waals surface area contributed by atoms with Gasteiger partial charge in [-0.25, -0.2) is 0 Å². The zero-order chi connectivity index (χ0) is 13.0. The van der Waals surface area contributed by atoms with E-state index in [2.05, 4.69) is 5.32 Å². The first-order chi connectivity index (χ1) is 8.65. The Morgan fingerprint density at radius 2 is 1.67 bits per heavy atom. The second-order valence-electron chi connectivity index (χ2n) is 4.01. The summed E-state index contributed by atoms with van der Waals surface area (Å²) in [6.45, 7) is 0.680. The number of anilines is 1. The summed E-state index contributed by atoms with van der Waals surface area (Å²) in [6, 6.07) is 14.4. The molecule has 0 saturated carbocycles. The Morgan fingerprint density at radius 3 is 2.22 bits per heavy atom. The van der Waals surface area contributed by atoms with Gasteiger partial charge >= 0.3 is 0 Å². The normalized spacial score (nSPS) is 10.0. The van der Waals surface area contributed by atoms with E-state index in [4.69, 9.17) is 11.1 Å². The first-order valence-corrected chi connectivity index (χ1v) is 5.61. The third kappa shape index (κ3) is 3.01. The van der Waals surface area contributed by atoms with Gasteiger partial charge < -0.3 is 16.2 Å². The summed E-state index contributed by atoms with van der Waals surface area (Å²) in [7, 11) is 0. The lowest BCUT2D eigenvalue weighted by Crippen LogP contribution is -2.10. The van der Waals surface area contributed by atoms with Crippen LogP contribution in [0.1, 0.15) is 11.1 Å². The number of nitrogen functional groups attached to an aromatic ring is 1. The molecule has 5 N–H and O–H groups in total. The van der Waals surface area contributed by atoms with Gasteiger partial charge in [0.05, 0.1) is 0 Å². The molecule has 0 fully saturated rings. The van der Waals surface area contributed by atoms with E-state index in [1.54, 1.807) is 12.1 Å². The fourth-order valence-electron chi connectivity index (χ4n) is 1.59. The lowest BCUT2D eigenvalue weighted by Gasteiger charge is -2.07. The van der Waals surface area contributed by atoms with Crippen molar-refractivity contribution in [3.05, 3.63) is 59.7 Å². The smallest absolute Gasteiger partial charge is 0.122 e. The average molecular weight is 241 g/mol. The standard InChI is InChI=1S/C14H15N3O/c15-14(16)11-3-5-12(6-4-11)17-9-10-1-7-13(18)8-2-10/h1-8,17-18H,9H2,(H3,15,16). The van der Waals surface area contributed by atoms with Gasteiger partial charge in [-0.2, -0.15) is 0 Å². The van der Waals surface area contributed by atoms with Crippen molar-refractivity contribution >= 4 is 11.5 Å². The van der Waals surface area contributed by atoms with E-state index in [1.165, 1.54) is 0 Å². The summed E-state index contributed by atoms with van der Waals surface area (Å²) < 4.78 is 0. The molecular weight excluding hydrogens is 226 g/mol. The van der Waals surface area contributed by atoms with Crippen LogP contribution >= 0.6 is 0 Å². The van der Waals surface area contributed by atoms with E-state index in [9.17, 15) is 5.11 Å². The van der Waals surface area contributed by atoms with Crippen LogP contribution in [-0.4, -0.2) is 10.9 Å². The number of nitrogens with two attached hydrogens (primary N) is 1. The van der Waals surface area contributed by atoms with Crippen molar-refractivity contribution in [3.8, 4) is 5.75 Å². The fourth-order valence-corrected chi connectivity index (χ4v) is 1.59. The molecule has 0 saturated heterocycles. The molecule has 0 radical (unpaired) electrons. The molecular formula is C14H15N3O. The van der Waals surface area contributed by atoms with E-state index < -0.39 is 0 Å². The summed E-state index contributed by atoms with van der Waals surface area (Å²) in [5.74, 6) is 0.338. The third-order valence-corrected chi connectivity index (χ3v) is 2.63. The molecule has 4 nitrogen and oxygen atoms in total. The van der Waals surface area contributed by atoms with Crippen LogP contribution in [0.25, 0.3) is 0 Å². The quantitative estimate of drug-likeness (QED) is 0.489. The van der Waals surface area contributed by atoms with Crippen molar-refractivity contribution in [2.75, 3.05) is 5.32 Å². The molecule has 0 bridgehead atoms. The largest absolute Gasteiger partial charge is 0.508 e. The number of hydrogen-bond acceptors (Lipinski definition) is 3. The number of phenolic OH excluding ortho intramolecular Hbond substituents is 1. The maximum atomic E-state index is 9.17. The van der Waals surface area contributed by atoms with Crippen molar-refractivity contribution in [3.63, 3.8) is 0 Å². The van der Waals surface area contributed by atoms with Gasteiger partial charge in [-0.05, 0) is 42.0 Å². The predicted octanol–water partition coefficient (Wildman–Crippen LogP) is 2.29. The Morgan fingerprint density at radius 1 is 1.06 bits per heavy atom. The lowest BCUT2D eigenvalue weighted by molar-refractivity contribution is 0.475. The molecule has 92 valence electrons. The Labute approximate surface area is 106 Å². The van der Waals surface area contributed by atoms with Crippen molar-refractivity contribution in [2.45, 2.75) is 6.54 Å². The third-order valence-electron chi connectivity index (χ3n) is 2.63. The molecule has 2 aromatic carbocycles. The minimum absolute atomic E-state index is 0.0695. The van der Waals surface area contributed by atoms with E-state index in [0.717, 1.165) is 11.3 Å². The molecule has 0 atom stereocenters. The highest BCUT2D eigenvalue weighted by molar-refractivity contribution is 5.95. The molecule has 0 aliphatic carbocycles. The SMILES string of the molecule is N=C(N)c1ccc(NCc2ccc(O)cc2)cc1. The topological polar surface area (TPSA) is 82.1 Å². The van der Waals surface area contributed by atoms with Crippen LogP contribution < -0.4 is 11.1 Å². The van der Waals surface area contributed by atoms with Gasteiger partial charge in [-0.1, -0.05) is 12.1 Å². The molecule has 0 heterocycles. The average Bonchev–Trinajstić information content (AvgIpc) is 2.38. The Bertz CT molecular complexity index is 532. The molecule has 4 heteroatoms. The number of hydrogen-bond donors (Lipinski definition) is 4. The minimum Gasteiger partial charge on any atom is -0.508 e. The van der Waals surface area contributed by atoms with Crippen molar-refractivity contribution in [2.24, 2.45) is 5.73 Å². The molecule has 0 aromatic heterocycles. The van der Waals surface area contributed by atoms with E-state index in [-0.39, 0.29) is 11.6 Å². The molecule has 0 aliphatic heterocycles. The second kappa shape index (κ2) is 5.23. The number of benzene rings is 2. The van der Waals surface area contributed by atoms with Crippen LogP contribution in [0.2, 0.25) is 0 Å². The van der Waals surface area contributed by atoms with Gasteiger partial charge in [-0.3, -0.25) is 5.41 Å². The summed E-state index contributed by atoms with van der Waals surface area (Å²) in [6.07, 6.45) is 0. The van der Waals surface area contributed by atoms with Gasteiger partial charge in [-0.15, -0.1) is 0 Å². The van der Waals surface area contributed by atoms with Gasteiger partial charge in [0, 0.05) is 17.8 Å². The van der Waals surface area contributed by atoms with Gasteiger partial charge in [0.2, 0.25) is 0 Å². The highest BCUT2D eigenvalue weighted by Gasteiger charge is 1.97. The maximum absolute atomic E-state index is 9.17. The van der Waals surface area contributed by atoms with Gasteiger partial charge in [0.25, 0.3) is 0 Å². The number of rotatable bonds is 4. The highest BCUT2D eigenvalue weighted by Crippen LogP contribution is 2.13. The van der Waals surface area contributed by atoms with Crippen LogP contribution in [0.3, 0.4) is 0 Å². The zero-order valence-corrected chi connectivity index (χ0v) is 9.85. The first kappa shape index (κ1) is 12.0. The molecule has 0 spiro atoms. The van der Waals surface area contributed by atoms with Gasteiger partial charge in [0.15, 0.2) is 0 Å². The lowest BCUT2D eigenvalue weighted by atomic mass is 10.2. The molecule has 0 unspecified atom stereocenters. The summed E-state index contributed by atoms with van der Waals surface area (Å²) in [4.78, 5) is 0. The molecule has 2 aromatic rings. The van der Waals surface area contributed by atoms with Crippen LogP contribution in [-0.2, 0) is 6.54 Å². The fraction of sp³-hybridized carbons (Fsp3) is 0.0714. The summed E-state index contributed by atoms with van der Waals surface area (Å²) in [5, 5.41) is 19.7. The van der Waals surface area contributed by atoms with Gasteiger partial charge in [0.1, 0.15) is 11.6 Å². The van der Waals surface area contributed by atoms with Crippen LogP contribution in [0, 0.1) is 5.41 Å². The molecule has 0 aliphatic rings. The van der Waals surface area contributed by atoms with Crippen molar-refractivity contribution < 1.29 is 5.11 Å². The van der Waals surface area contributed by atoms with Crippen LogP contribution in [0.4, 0.5) is 5.69 Å². The minimum atomic E-state index is 0.0695. The van der Waals surface area contributed by atoms with Crippen molar-refractivity contribution in [1.29, 1.82) is 5.41 Å². The first-order valence-electron chi connectivity index (χ1n) is 5.61. The Kier molecular flexibility index (Phi) is 3.48. The zero-order valence-electron chi connectivity index (χ0n) is 9.85. The summed E-state index contributed by atoms with van der Waals surface area (Å²) >= 11 is 0. The second-order valence-corrected chi connectivity index (χ2v) is 4.01. The number of aromatic hydroxyl groups is 1. The molecule has 2 rings (SSSR count). The predicted molar refractivity (Wildman–Crippen MR) is 72.9 cm³/mol. The number of nitrogens with one attached hydrogen (secondary N) is 2. The van der Waals surface area contributed by atoms with E-state index in [1.807, 2.05) is 36.4 Å². The van der Waals surface area contributed by atoms with Crippen LogP contribution in [0.15, 0.2) is 48.5 Å². The summed E-state index contributed by atoms with van der Waals surface area (Å²) in [5.41, 5.74) is 8.15. The van der Waals surface area contributed by atoms with E-state index in [0.29, 0.717) is 12.1 Å². The number of phenols is 1. The molecule has 18 heavy (non-hydrogen) atoms. The number of amidine groups is 1. The maximum Gasteiger partial charge on any atom is 0.122 e.